The molecule has 0 aromatic rings. The molecular formula is C9H13NO2. The van der Waals surface area contributed by atoms with E-state index in [4.69, 9.17) is 5.11 Å². The van der Waals surface area contributed by atoms with E-state index in [1.54, 1.807) is 0 Å². The van der Waals surface area contributed by atoms with Gasteiger partial charge in [0.05, 0.1) is 5.57 Å². The first-order chi connectivity index (χ1) is 5.79. The average Bonchev–Trinajstić information content (AvgIpc) is 2.87. The van der Waals surface area contributed by atoms with E-state index >= 15 is 0 Å². The topological polar surface area (TPSA) is 49.3 Å². The predicted molar refractivity (Wildman–Crippen MR) is 44.9 cm³/mol. The van der Waals surface area contributed by atoms with Crippen LogP contribution in [0.5, 0.6) is 0 Å². The zero-order valence-corrected chi connectivity index (χ0v) is 6.97. The Morgan fingerprint density at radius 2 is 2.25 bits per heavy atom. The minimum Gasteiger partial charge on any atom is -0.478 e. The molecule has 0 atom stereocenters. The number of carboxylic acid groups (broad SMARTS) is 1. The molecule has 2 N–H and O–H groups in total. The van der Waals surface area contributed by atoms with Gasteiger partial charge in [-0.2, -0.15) is 0 Å². The lowest BCUT2D eigenvalue weighted by Crippen LogP contribution is -2.29. The first-order valence-corrected chi connectivity index (χ1v) is 4.45. The number of aliphatic carboxylic acids is 1. The van der Waals surface area contributed by atoms with E-state index in [1.165, 1.54) is 18.4 Å². The number of nitrogens with one attached hydrogen (secondary N) is 1. The van der Waals surface area contributed by atoms with Crippen LogP contribution in [-0.2, 0) is 4.79 Å². The van der Waals surface area contributed by atoms with E-state index in [1.807, 2.05) is 0 Å². The van der Waals surface area contributed by atoms with Crippen molar-refractivity contribution in [2.45, 2.75) is 19.3 Å². The summed E-state index contributed by atoms with van der Waals surface area (Å²) < 4.78 is 0. The third kappa shape index (κ3) is 1.37. The number of carbonyl (C=O) groups is 1. The zero-order chi connectivity index (χ0) is 8.55. The minimum atomic E-state index is -0.732. The van der Waals surface area contributed by atoms with Crippen molar-refractivity contribution in [3.8, 4) is 0 Å². The van der Waals surface area contributed by atoms with Crippen molar-refractivity contribution in [2.75, 3.05) is 13.1 Å². The highest BCUT2D eigenvalue weighted by Crippen LogP contribution is 2.40. The van der Waals surface area contributed by atoms with Gasteiger partial charge in [0.1, 0.15) is 0 Å². The molecule has 0 radical (unpaired) electrons. The fraction of sp³-hybridized carbons (Fsp3) is 0.667. The van der Waals surface area contributed by atoms with Crippen LogP contribution in [0.2, 0.25) is 0 Å². The number of carboxylic acids is 1. The molecule has 0 saturated heterocycles. The number of hydrogen-bond donors (Lipinski definition) is 2. The summed E-state index contributed by atoms with van der Waals surface area (Å²) >= 11 is 0. The van der Waals surface area contributed by atoms with Crippen molar-refractivity contribution >= 4 is 5.97 Å². The van der Waals surface area contributed by atoms with Gasteiger partial charge in [-0.3, -0.25) is 0 Å². The Bertz CT molecular complexity index is 241. The Kier molecular flexibility index (Phi) is 1.89. The Balaban J connectivity index is 2.23. The molecule has 3 heteroatoms. The highest BCUT2D eigenvalue weighted by Gasteiger charge is 2.31. The molecule has 2 aliphatic rings. The maximum atomic E-state index is 10.8. The van der Waals surface area contributed by atoms with Gasteiger partial charge in [-0.15, -0.1) is 0 Å². The summed E-state index contributed by atoms with van der Waals surface area (Å²) in [5.74, 6) is -0.123. The van der Waals surface area contributed by atoms with Gasteiger partial charge in [0, 0.05) is 6.54 Å². The van der Waals surface area contributed by atoms with Gasteiger partial charge in [-0.05, 0) is 31.7 Å². The van der Waals surface area contributed by atoms with Crippen LogP contribution in [0.15, 0.2) is 11.1 Å². The predicted octanol–water partition coefficient (Wildman–Crippen LogP) is 0.771. The fourth-order valence-electron chi connectivity index (χ4n) is 1.80. The molecule has 2 rings (SSSR count). The van der Waals surface area contributed by atoms with E-state index in [9.17, 15) is 4.79 Å². The molecule has 3 nitrogen and oxygen atoms in total. The molecule has 1 saturated carbocycles. The van der Waals surface area contributed by atoms with Crippen molar-refractivity contribution in [2.24, 2.45) is 5.92 Å². The summed E-state index contributed by atoms with van der Waals surface area (Å²) in [6.45, 7) is 1.50. The summed E-state index contributed by atoms with van der Waals surface area (Å²) in [6, 6.07) is 0. The molecule has 0 aromatic heterocycles. The van der Waals surface area contributed by atoms with Crippen LogP contribution >= 0.6 is 0 Å². The van der Waals surface area contributed by atoms with Gasteiger partial charge in [-0.25, -0.2) is 4.79 Å². The van der Waals surface area contributed by atoms with Crippen molar-refractivity contribution in [1.29, 1.82) is 0 Å². The van der Waals surface area contributed by atoms with E-state index in [-0.39, 0.29) is 0 Å². The zero-order valence-electron chi connectivity index (χ0n) is 6.97. The van der Waals surface area contributed by atoms with Crippen molar-refractivity contribution < 1.29 is 9.90 Å². The summed E-state index contributed by atoms with van der Waals surface area (Å²) in [7, 11) is 0. The molecule has 1 heterocycles. The third-order valence-electron chi connectivity index (χ3n) is 2.59. The molecule has 12 heavy (non-hydrogen) atoms. The second-order valence-electron chi connectivity index (χ2n) is 3.51. The molecule has 1 aliphatic carbocycles. The van der Waals surface area contributed by atoms with Crippen LogP contribution < -0.4 is 5.32 Å². The Morgan fingerprint density at radius 3 is 2.83 bits per heavy atom. The lowest BCUT2D eigenvalue weighted by atomic mass is 9.97. The van der Waals surface area contributed by atoms with Gasteiger partial charge in [0.25, 0.3) is 0 Å². The first-order valence-electron chi connectivity index (χ1n) is 4.45. The second kappa shape index (κ2) is 2.90. The number of rotatable bonds is 2. The van der Waals surface area contributed by atoms with Crippen LogP contribution in [0, 0.1) is 5.92 Å². The third-order valence-corrected chi connectivity index (χ3v) is 2.59. The monoisotopic (exact) mass is 167 g/mol. The minimum absolute atomic E-state index is 0.557. The Morgan fingerprint density at radius 1 is 1.50 bits per heavy atom. The highest BCUT2D eigenvalue weighted by molar-refractivity contribution is 5.88. The summed E-state index contributed by atoms with van der Waals surface area (Å²) in [5, 5.41) is 12.0. The largest absolute Gasteiger partial charge is 0.478 e. The van der Waals surface area contributed by atoms with Crippen LogP contribution in [0.3, 0.4) is 0 Å². The van der Waals surface area contributed by atoms with E-state index in [0.717, 1.165) is 13.0 Å². The summed E-state index contributed by atoms with van der Waals surface area (Å²) in [5.41, 5.74) is 1.84. The first kappa shape index (κ1) is 7.80. The van der Waals surface area contributed by atoms with Crippen molar-refractivity contribution in [3.05, 3.63) is 11.1 Å². The lowest BCUT2D eigenvalue weighted by molar-refractivity contribution is -0.132. The highest BCUT2D eigenvalue weighted by atomic mass is 16.4. The van der Waals surface area contributed by atoms with Crippen molar-refractivity contribution in [1.82, 2.24) is 5.32 Å². The molecule has 66 valence electrons. The van der Waals surface area contributed by atoms with Crippen LogP contribution in [0.1, 0.15) is 19.3 Å². The normalized spacial score (nSPS) is 24.3. The maximum absolute atomic E-state index is 10.8. The average molecular weight is 167 g/mol. The molecule has 0 aromatic carbocycles. The molecule has 0 unspecified atom stereocenters. The van der Waals surface area contributed by atoms with Crippen molar-refractivity contribution in [3.63, 3.8) is 0 Å². The van der Waals surface area contributed by atoms with Gasteiger partial charge in [0.2, 0.25) is 0 Å². The van der Waals surface area contributed by atoms with E-state index in [0.29, 0.717) is 18.0 Å². The molecule has 0 spiro atoms. The molecular weight excluding hydrogens is 154 g/mol. The van der Waals surface area contributed by atoms with E-state index < -0.39 is 5.97 Å². The maximum Gasteiger partial charge on any atom is 0.332 e. The Labute approximate surface area is 71.5 Å². The van der Waals surface area contributed by atoms with Crippen LogP contribution in [-0.4, -0.2) is 24.2 Å². The van der Waals surface area contributed by atoms with Crippen LogP contribution in [0.4, 0.5) is 0 Å². The molecule has 0 amide bonds. The standard InChI is InChI=1S/C9H13NO2/c11-9(12)8-5-10-4-3-7(8)6-1-2-6/h6,10H,1-5H2,(H,11,12). The molecule has 0 bridgehead atoms. The Hall–Kier alpha value is -0.830. The quantitative estimate of drug-likeness (QED) is 0.638. The fourth-order valence-corrected chi connectivity index (χ4v) is 1.80. The smallest absolute Gasteiger partial charge is 0.332 e. The van der Waals surface area contributed by atoms with Crippen LogP contribution in [0.25, 0.3) is 0 Å². The van der Waals surface area contributed by atoms with Gasteiger partial charge < -0.3 is 10.4 Å². The summed E-state index contributed by atoms with van der Waals surface area (Å²) in [6.07, 6.45) is 3.34. The van der Waals surface area contributed by atoms with Gasteiger partial charge >= 0.3 is 5.97 Å². The summed E-state index contributed by atoms with van der Waals surface area (Å²) in [4.78, 5) is 10.8. The molecule has 1 fully saturated rings. The SMILES string of the molecule is O=C(O)C1=C(C2CC2)CCNC1. The lowest BCUT2D eigenvalue weighted by Gasteiger charge is -2.18. The van der Waals surface area contributed by atoms with Gasteiger partial charge in [-0.1, -0.05) is 5.57 Å². The second-order valence-corrected chi connectivity index (χ2v) is 3.51. The molecule has 1 aliphatic heterocycles. The number of hydrogen-bond acceptors (Lipinski definition) is 2. The van der Waals surface area contributed by atoms with Gasteiger partial charge in [0.15, 0.2) is 0 Å². The van der Waals surface area contributed by atoms with E-state index in [2.05, 4.69) is 5.32 Å².